The first-order chi connectivity index (χ1) is 5.23. The smallest absolute Gasteiger partial charge is 0.101 e. The van der Waals surface area contributed by atoms with Crippen molar-refractivity contribution in [3.63, 3.8) is 0 Å². The molecule has 2 aliphatic rings. The van der Waals surface area contributed by atoms with E-state index in [1.807, 2.05) is 0 Å². The van der Waals surface area contributed by atoms with Crippen LogP contribution in [0.1, 0.15) is 25.7 Å². The molecule has 2 atom stereocenters. The van der Waals surface area contributed by atoms with Gasteiger partial charge in [0.1, 0.15) is 4.33 Å². The summed E-state index contributed by atoms with van der Waals surface area (Å²) >= 11 is 12.1. The summed E-state index contributed by atoms with van der Waals surface area (Å²) in [5, 5.41) is 0. The van der Waals surface area contributed by atoms with Gasteiger partial charge in [0.25, 0.3) is 0 Å². The fourth-order valence-electron chi connectivity index (χ4n) is 1.92. The van der Waals surface area contributed by atoms with E-state index in [9.17, 15) is 0 Å². The maximum absolute atomic E-state index is 6.07. The summed E-state index contributed by atoms with van der Waals surface area (Å²) in [7, 11) is 0. The van der Waals surface area contributed by atoms with Gasteiger partial charge in [0, 0.05) is 11.8 Å². The molecule has 1 saturated carbocycles. The Kier molecular flexibility index (Phi) is 1.93. The summed E-state index contributed by atoms with van der Waals surface area (Å²) in [6.45, 7) is 0. The zero-order valence-corrected chi connectivity index (χ0v) is 7.91. The minimum Gasteiger partial charge on any atom is -0.101 e. The fourth-order valence-corrected chi connectivity index (χ4v) is 2.73. The highest BCUT2D eigenvalue weighted by Gasteiger charge is 2.60. The zero-order valence-electron chi connectivity index (χ0n) is 6.39. The lowest BCUT2D eigenvalue weighted by molar-refractivity contribution is 0.603. The highest BCUT2D eigenvalue weighted by molar-refractivity contribution is 6.51. The maximum Gasteiger partial charge on any atom is 0.128 e. The molecule has 2 rings (SSSR count). The Morgan fingerprint density at radius 3 is 2.91 bits per heavy atom. The Morgan fingerprint density at radius 1 is 1.27 bits per heavy atom. The van der Waals surface area contributed by atoms with E-state index in [0.717, 1.165) is 0 Å². The SMILES string of the molecule is ClC1(Cl)C2/C=C\CCCCC21. The number of rotatable bonds is 0. The molecule has 1 fully saturated rings. The van der Waals surface area contributed by atoms with E-state index >= 15 is 0 Å². The van der Waals surface area contributed by atoms with Gasteiger partial charge in [-0.3, -0.25) is 0 Å². The van der Waals surface area contributed by atoms with Crippen LogP contribution in [0.15, 0.2) is 12.2 Å². The fraction of sp³-hybridized carbons (Fsp3) is 0.778. The van der Waals surface area contributed by atoms with Crippen LogP contribution in [0.5, 0.6) is 0 Å². The summed E-state index contributed by atoms with van der Waals surface area (Å²) in [4.78, 5) is 0. The van der Waals surface area contributed by atoms with Crippen LogP contribution in [0, 0.1) is 11.8 Å². The standard InChI is InChI=1S/C9H12Cl2/c10-9(11)7-5-3-1-2-4-6-8(7)9/h3,5,7-8H,1-2,4,6H2/b5-3-. The zero-order chi connectivity index (χ0) is 7.90. The van der Waals surface area contributed by atoms with Crippen molar-refractivity contribution >= 4 is 23.2 Å². The van der Waals surface area contributed by atoms with Crippen molar-refractivity contribution in [2.75, 3.05) is 0 Å². The Bertz CT molecular complexity index is 184. The normalized spacial score (nSPS) is 43.5. The van der Waals surface area contributed by atoms with Gasteiger partial charge in [-0.05, 0) is 19.3 Å². The van der Waals surface area contributed by atoms with Gasteiger partial charge in [-0.2, -0.15) is 0 Å². The molecule has 0 radical (unpaired) electrons. The van der Waals surface area contributed by atoms with Crippen LogP contribution in [0.2, 0.25) is 0 Å². The monoisotopic (exact) mass is 190 g/mol. The Labute approximate surface area is 77.6 Å². The van der Waals surface area contributed by atoms with Gasteiger partial charge < -0.3 is 0 Å². The van der Waals surface area contributed by atoms with Gasteiger partial charge in [0.2, 0.25) is 0 Å². The van der Waals surface area contributed by atoms with E-state index in [4.69, 9.17) is 23.2 Å². The molecule has 2 aliphatic carbocycles. The van der Waals surface area contributed by atoms with Gasteiger partial charge >= 0.3 is 0 Å². The lowest BCUT2D eigenvalue weighted by atomic mass is 10.1. The summed E-state index contributed by atoms with van der Waals surface area (Å²) < 4.78 is -0.416. The molecule has 62 valence electrons. The largest absolute Gasteiger partial charge is 0.128 e. The third kappa shape index (κ3) is 1.31. The first-order valence-electron chi connectivity index (χ1n) is 4.27. The van der Waals surface area contributed by atoms with Crippen molar-refractivity contribution in [1.29, 1.82) is 0 Å². The molecule has 2 unspecified atom stereocenters. The number of halogens is 2. The van der Waals surface area contributed by atoms with Crippen molar-refractivity contribution in [1.82, 2.24) is 0 Å². The lowest BCUT2D eigenvalue weighted by Crippen LogP contribution is -1.89. The lowest BCUT2D eigenvalue weighted by Gasteiger charge is -1.99. The maximum atomic E-state index is 6.07. The second-order valence-corrected chi connectivity index (χ2v) is 4.96. The van der Waals surface area contributed by atoms with Crippen molar-refractivity contribution < 1.29 is 0 Å². The molecule has 0 N–H and O–H groups in total. The highest BCUT2D eigenvalue weighted by Crippen LogP contribution is 2.62. The van der Waals surface area contributed by atoms with Crippen LogP contribution >= 0.6 is 23.2 Å². The number of alkyl halides is 2. The van der Waals surface area contributed by atoms with Gasteiger partial charge in [-0.15, -0.1) is 23.2 Å². The summed E-state index contributed by atoms with van der Waals surface area (Å²) in [5.41, 5.74) is 0. The van der Waals surface area contributed by atoms with Gasteiger partial charge in [0.05, 0.1) is 0 Å². The summed E-state index contributed by atoms with van der Waals surface area (Å²) in [6, 6.07) is 0. The van der Waals surface area contributed by atoms with Crippen LogP contribution < -0.4 is 0 Å². The van der Waals surface area contributed by atoms with Crippen LogP contribution in [0.4, 0.5) is 0 Å². The quantitative estimate of drug-likeness (QED) is 0.405. The minimum absolute atomic E-state index is 0.416. The number of hydrogen-bond acceptors (Lipinski definition) is 0. The summed E-state index contributed by atoms with van der Waals surface area (Å²) in [6.07, 6.45) is 9.42. The van der Waals surface area contributed by atoms with E-state index < -0.39 is 4.33 Å². The molecule has 0 aromatic rings. The molecule has 0 nitrogen and oxygen atoms in total. The molecule has 0 saturated heterocycles. The van der Waals surface area contributed by atoms with E-state index in [0.29, 0.717) is 11.8 Å². The van der Waals surface area contributed by atoms with Crippen molar-refractivity contribution in [2.45, 2.75) is 30.0 Å². The molecular formula is C9H12Cl2. The molecule has 0 amide bonds. The second kappa shape index (κ2) is 2.67. The first kappa shape index (κ1) is 7.94. The van der Waals surface area contributed by atoms with E-state index in [2.05, 4.69) is 12.2 Å². The van der Waals surface area contributed by atoms with Crippen molar-refractivity contribution in [2.24, 2.45) is 11.8 Å². The average molecular weight is 191 g/mol. The Balaban J connectivity index is 2.07. The van der Waals surface area contributed by atoms with Crippen molar-refractivity contribution in [3.05, 3.63) is 12.2 Å². The van der Waals surface area contributed by atoms with Crippen molar-refractivity contribution in [3.8, 4) is 0 Å². The second-order valence-electron chi connectivity index (χ2n) is 3.52. The molecule has 2 heteroatoms. The average Bonchev–Trinajstić information content (AvgIpc) is 2.29. The molecule has 0 heterocycles. The number of hydrogen-bond donors (Lipinski definition) is 0. The first-order valence-corrected chi connectivity index (χ1v) is 5.03. The Hall–Kier alpha value is 0.320. The molecule has 0 aromatic carbocycles. The van der Waals surface area contributed by atoms with E-state index in [1.54, 1.807) is 0 Å². The molecule has 0 aliphatic heterocycles. The van der Waals surface area contributed by atoms with Crippen LogP contribution in [0.25, 0.3) is 0 Å². The highest BCUT2D eigenvalue weighted by atomic mass is 35.5. The number of allylic oxidation sites excluding steroid dienone is 2. The van der Waals surface area contributed by atoms with Gasteiger partial charge in [-0.25, -0.2) is 0 Å². The third-order valence-electron chi connectivity index (χ3n) is 2.74. The molecule has 0 bridgehead atoms. The Morgan fingerprint density at radius 2 is 2.09 bits per heavy atom. The predicted molar refractivity (Wildman–Crippen MR) is 49.0 cm³/mol. The van der Waals surface area contributed by atoms with E-state index in [1.165, 1.54) is 25.7 Å². The number of fused-ring (bicyclic) bond motifs is 1. The van der Waals surface area contributed by atoms with Gasteiger partial charge in [-0.1, -0.05) is 18.6 Å². The van der Waals surface area contributed by atoms with Crippen LogP contribution in [-0.2, 0) is 0 Å². The van der Waals surface area contributed by atoms with E-state index in [-0.39, 0.29) is 0 Å². The molecule has 11 heavy (non-hydrogen) atoms. The third-order valence-corrected chi connectivity index (χ3v) is 3.81. The topological polar surface area (TPSA) is 0 Å². The minimum atomic E-state index is -0.416. The summed E-state index contributed by atoms with van der Waals surface area (Å²) in [5.74, 6) is 0.994. The molecular weight excluding hydrogens is 179 g/mol. The molecule has 0 aromatic heterocycles. The van der Waals surface area contributed by atoms with Crippen LogP contribution in [0.3, 0.4) is 0 Å². The predicted octanol–water partition coefficient (Wildman–Crippen LogP) is 3.54. The molecule has 0 spiro atoms. The van der Waals surface area contributed by atoms with Gasteiger partial charge in [0.15, 0.2) is 0 Å². The van der Waals surface area contributed by atoms with Crippen LogP contribution in [-0.4, -0.2) is 4.33 Å².